The first-order valence-electron chi connectivity index (χ1n) is 6.38. The summed E-state index contributed by atoms with van der Waals surface area (Å²) in [5.41, 5.74) is 2.93. The number of fused-ring (bicyclic) bond motifs is 1. The average molecular weight is 282 g/mol. The number of aromatic nitrogens is 2. The first-order valence-corrected chi connectivity index (χ1v) is 6.75. The van der Waals surface area contributed by atoms with E-state index in [2.05, 4.69) is 15.6 Å². The SMILES string of the molecule is N#CCCn1c(-c2cccc(Cl)c2)nc2ccccc21. The molecule has 0 radical (unpaired) electrons. The van der Waals surface area contributed by atoms with E-state index in [9.17, 15) is 0 Å². The summed E-state index contributed by atoms with van der Waals surface area (Å²) in [6.07, 6.45) is 0.452. The second-order valence-corrected chi connectivity index (χ2v) is 4.93. The first-order chi connectivity index (χ1) is 9.79. The second-order valence-electron chi connectivity index (χ2n) is 4.49. The Labute approximate surface area is 122 Å². The van der Waals surface area contributed by atoms with E-state index in [4.69, 9.17) is 16.9 Å². The van der Waals surface area contributed by atoms with Gasteiger partial charge in [0.1, 0.15) is 5.82 Å². The van der Waals surface area contributed by atoms with Gasteiger partial charge in [0, 0.05) is 17.1 Å². The standard InChI is InChI=1S/C16H12ClN3/c17-13-6-3-5-12(11-13)16-19-14-7-1-2-8-15(14)20(16)10-4-9-18/h1-3,5-8,11H,4,10H2. The molecule has 1 heterocycles. The Hall–Kier alpha value is -2.31. The Kier molecular flexibility index (Phi) is 3.41. The summed E-state index contributed by atoms with van der Waals surface area (Å²) in [5.74, 6) is 0.851. The lowest BCUT2D eigenvalue weighted by Crippen LogP contribution is -2.00. The number of para-hydroxylation sites is 2. The zero-order chi connectivity index (χ0) is 13.9. The van der Waals surface area contributed by atoms with Crippen molar-refractivity contribution in [3.05, 3.63) is 53.6 Å². The number of nitriles is 1. The highest BCUT2D eigenvalue weighted by molar-refractivity contribution is 6.30. The number of imidazole rings is 1. The molecule has 0 aliphatic heterocycles. The number of halogens is 1. The van der Waals surface area contributed by atoms with Crippen LogP contribution in [-0.4, -0.2) is 9.55 Å². The smallest absolute Gasteiger partial charge is 0.141 e. The van der Waals surface area contributed by atoms with Gasteiger partial charge in [-0.15, -0.1) is 0 Å². The number of hydrogen-bond donors (Lipinski definition) is 0. The van der Waals surface area contributed by atoms with Gasteiger partial charge in [0.25, 0.3) is 0 Å². The van der Waals surface area contributed by atoms with E-state index >= 15 is 0 Å². The normalized spacial score (nSPS) is 10.6. The minimum absolute atomic E-state index is 0.452. The summed E-state index contributed by atoms with van der Waals surface area (Å²) in [7, 11) is 0. The van der Waals surface area contributed by atoms with Crippen molar-refractivity contribution in [3.8, 4) is 17.5 Å². The van der Waals surface area contributed by atoms with Gasteiger partial charge < -0.3 is 4.57 Å². The maximum atomic E-state index is 8.84. The molecule has 0 amide bonds. The number of nitrogens with zero attached hydrogens (tertiary/aromatic N) is 3. The summed E-state index contributed by atoms with van der Waals surface area (Å²) in [6, 6.07) is 17.8. The van der Waals surface area contributed by atoms with Gasteiger partial charge in [-0.25, -0.2) is 4.98 Å². The molecule has 0 saturated carbocycles. The molecule has 4 heteroatoms. The molecular formula is C16H12ClN3. The maximum absolute atomic E-state index is 8.84. The third-order valence-corrected chi connectivity index (χ3v) is 3.42. The van der Waals surface area contributed by atoms with Gasteiger partial charge >= 0.3 is 0 Å². The van der Waals surface area contributed by atoms with Crippen LogP contribution in [0.15, 0.2) is 48.5 Å². The van der Waals surface area contributed by atoms with Crippen molar-refractivity contribution in [2.24, 2.45) is 0 Å². The van der Waals surface area contributed by atoms with Crippen LogP contribution in [0.2, 0.25) is 5.02 Å². The fourth-order valence-electron chi connectivity index (χ4n) is 2.31. The van der Waals surface area contributed by atoms with E-state index < -0.39 is 0 Å². The molecule has 0 saturated heterocycles. The summed E-state index contributed by atoms with van der Waals surface area (Å²) in [5, 5.41) is 9.52. The molecule has 98 valence electrons. The Balaban J connectivity index is 2.21. The Morgan fingerprint density at radius 3 is 2.80 bits per heavy atom. The zero-order valence-corrected chi connectivity index (χ0v) is 11.5. The summed E-state index contributed by atoms with van der Waals surface area (Å²) >= 11 is 6.06. The lowest BCUT2D eigenvalue weighted by Gasteiger charge is -2.07. The van der Waals surface area contributed by atoms with Crippen LogP contribution < -0.4 is 0 Å². The van der Waals surface area contributed by atoms with Crippen molar-refractivity contribution in [1.82, 2.24) is 9.55 Å². The summed E-state index contributed by atoms with van der Waals surface area (Å²) in [6.45, 7) is 0.624. The van der Waals surface area contributed by atoms with Crippen molar-refractivity contribution in [3.63, 3.8) is 0 Å². The molecule has 0 atom stereocenters. The fraction of sp³-hybridized carbons (Fsp3) is 0.125. The van der Waals surface area contributed by atoms with Gasteiger partial charge in [-0.3, -0.25) is 0 Å². The van der Waals surface area contributed by atoms with E-state index in [1.807, 2.05) is 48.5 Å². The van der Waals surface area contributed by atoms with Crippen molar-refractivity contribution in [2.75, 3.05) is 0 Å². The van der Waals surface area contributed by atoms with Crippen LogP contribution in [0.3, 0.4) is 0 Å². The van der Waals surface area contributed by atoms with E-state index in [1.54, 1.807) is 0 Å². The predicted octanol–water partition coefficient (Wildman–Crippen LogP) is 4.27. The lowest BCUT2D eigenvalue weighted by molar-refractivity contribution is 0.744. The van der Waals surface area contributed by atoms with Gasteiger partial charge in [0.2, 0.25) is 0 Å². The second kappa shape index (κ2) is 5.36. The highest BCUT2D eigenvalue weighted by Crippen LogP contribution is 2.26. The minimum atomic E-state index is 0.452. The molecule has 2 aromatic carbocycles. The zero-order valence-electron chi connectivity index (χ0n) is 10.8. The Morgan fingerprint density at radius 2 is 2.00 bits per heavy atom. The van der Waals surface area contributed by atoms with E-state index in [1.165, 1.54) is 0 Å². The van der Waals surface area contributed by atoms with Crippen molar-refractivity contribution < 1.29 is 0 Å². The number of hydrogen-bond acceptors (Lipinski definition) is 2. The van der Waals surface area contributed by atoms with Gasteiger partial charge in [0.15, 0.2) is 0 Å². The third kappa shape index (κ3) is 2.26. The van der Waals surface area contributed by atoms with Crippen molar-refractivity contribution in [1.29, 1.82) is 5.26 Å². The lowest BCUT2D eigenvalue weighted by atomic mass is 10.2. The molecule has 0 fully saturated rings. The van der Waals surface area contributed by atoms with E-state index in [0.717, 1.165) is 22.4 Å². The topological polar surface area (TPSA) is 41.6 Å². The molecule has 3 nitrogen and oxygen atoms in total. The summed E-state index contributed by atoms with van der Waals surface area (Å²) < 4.78 is 2.07. The molecule has 0 spiro atoms. The Morgan fingerprint density at radius 1 is 1.15 bits per heavy atom. The average Bonchev–Trinajstić information content (AvgIpc) is 2.84. The maximum Gasteiger partial charge on any atom is 0.141 e. The molecule has 20 heavy (non-hydrogen) atoms. The largest absolute Gasteiger partial charge is 0.323 e. The Bertz CT molecular complexity index is 799. The molecule has 0 bridgehead atoms. The molecule has 0 N–H and O–H groups in total. The third-order valence-electron chi connectivity index (χ3n) is 3.18. The highest BCUT2D eigenvalue weighted by Gasteiger charge is 2.12. The van der Waals surface area contributed by atoms with Crippen LogP contribution in [-0.2, 0) is 6.54 Å². The van der Waals surface area contributed by atoms with Crippen molar-refractivity contribution >= 4 is 22.6 Å². The number of rotatable bonds is 3. The van der Waals surface area contributed by atoms with Gasteiger partial charge in [-0.05, 0) is 24.3 Å². The fourth-order valence-corrected chi connectivity index (χ4v) is 2.50. The summed E-state index contributed by atoms with van der Waals surface area (Å²) in [4.78, 5) is 4.67. The molecule has 1 aromatic heterocycles. The molecule has 3 aromatic rings. The van der Waals surface area contributed by atoms with Crippen LogP contribution in [0, 0.1) is 11.3 Å². The van der Waals surface area contributed by atoms with Gasteiger partial charge in [0.05, 0.1) is 23.5 Å². The van der Waals surface area contributed by atoms with Crippen molar-refractivity contribution in [2.45, 2.75) is 13.0 Å². The number of aryl methyl sites for hydroxylation is 1. The van der Waals surface area contributed by atoms with Crippen LogP contribution in [0.4, 0.5) is 0 Å². The van der Waals surface area contributed by atoms with Crippen LogP contribution >= 0.6 is 11.6 Å². The van der Waals surface area contributed by atoms with E-state index in [-0.39, 0.29) is 0 Å². The van der Waals surface area contributed by atoms with Gasteiger partial charge in [-0.1, -0.05) is 35.9 Å². The quantitative estimate of drug-likeness (QED) is 0.719. The number of benzene rings is 2. The predicted molar refractivity (Wildman–Crippen MR) is 80.4 cm³/mol. The molecule has 3 rings (SSSR count). The molecule has 0 aliphatic rings. The van der Waals surface area contributed by atoms with Crippen LogP contribution in [0.25, 0.3) is 22.4 Å². The molecule has 0 aliphatic carbocycles. The minimum Gasteiger partial charge on any atom is -0.323 e. The highest BCUT2D eigenvalue weighted by atomic mass is 35.5. The van der Waals surface area contributed by atoms with Crippen LogP contribution in [0.1, 0.15) is 6.42 Å². The van der Waals surface area contributed by atoms with E-state index in [0.29, 0.717) is 18.0 Å². The first kappa shape index (κ1) is 12.7. The molecule has 0 unspecified atom stereocenters. The van der Waals surface area contributed by atoms with Crippen LogP contribution in [0.5, 0.6) is 0 Å². The van der Waals surface area contributed by atoms with Gasteiger partial charge in [-0.2, -0.15) is 5.26 Å². The monoisotopic (exact) mass is 281 g/mol. The molecular weight excluding hydrogens is 270 g/mol.